The maximum atomic E-state index is 3.35. The van der Waals surface area contributed by atoms with Crippen molar-refractivity contribution in [3.05, 3.63) is 24.3 Å². The first-order chi connectivity index (χ1) is 4.47. The summed E-state index contributed by atoms with van der Waals surface area (Å²) in [5.41, 5.74) is 0. The molecular weight excluding hydrogens is 130 g/mol. The van der Waals surface area contributed by atoms with E-state index in [-0.39, 0.29) is 0 Å². The number of thioether (sulfide) groups is 1. The van der Waals surface area contributed by atoms with Crippen LogP contribution < -0.4 is 5.32 Å². The highest BCUT2D eigenvalue weighted by Gasteiger charge is 2.23. The van der Waals surface area contributed by atoms with Crippen molar-refractivity contribution in [3.63, 3.8) is 0 Å². The molecule has 9 heavy (non-hydrogen) atoms. The van der Waals surface area contributed by atoms with E-state index in [1.165, 1.54) is 0 Å². The van der Waals surface area contributed by atoms with Crippen LogP contribution in [0.4, 0.5) is 0 Å². The molecule has 1 radical (unpaired) electrons. The quantitative estimate of drug-likeness (QED) is 0.535. The largest absolute Gasteiger partial charge is 0.300 e. The Kier molecular flexibility index (Phi) is 1.36. The van der Waals surface area contributed by atoms with Gasteiger partial charge in [0.05, 0.1) is 0 Å². The second-order valence-corrected chi connectivity index (χ2v) is 3.36. The molecule has 47 valence electrons. The highest BCUT2D eigenvalue weighted by atomic mass is 32.2. The predicted molar refractivity (Wildman–Crippen MR) is 40.1 cm³/mol. The molecule has 0 amide bonds. The molecule has 1 aliphatic heterocycles. The van der Waals surface area contributed by atoms with E-state index >= 15 is 0 Å². The molecule has 2 unspecified atom stereocenters. The van der Waals surface area contributed by atoms with Gasteiger partial charge < -0.3 is 5.32 Å². The normalized spacial score (nSPS) is 39.1. The van der Waals surface area contributed by atoms with Gasteiger partial charge in [-0.15, -0.1) is 11.8 Å². The summed E-state index contributed by atoms with van der Waals surface area (Å²) in [5.74, 6) is 1.08. The Morgan fingerprint density at radius 3 is 3.56 bits per heavy atom. The average Bonchev–Trinajstić information content (AvgIpc) is 2.33. The molecule has 2 rings (SSSR count). The van der Waals surface area contributed by atoms with E-state index in [4.69, 9.17) is 0 Å². The first-order valence-corrected chi connectivity index (χ1v) is 4.13. The molecule has 1 N–H and O–H groups in total. The minimum Gasteiger partial charge on any atom is -0.300 e. The van der Waals surface area contributed by atoms with Gasteiger partial charge in [0.1, 0.15) is 0 Å². The Morgan fingerprint density at radius 2 is 2.67 bits per heavy atom. The fourth-order valence-corrected chi connectivity index (χ4v) is 2.15. The Morgan fingerprint density at radius 1 is 1.67 bits per heavy atom. The first kappa shape index (κ1) is 5.57. The van der Waals surface area contributed by atoms with Gasteiger partial charge in [-0.2, -0.15) is 0 Å². The Hall–Kier alpha value is -0.210. The number of hydrogen-bond acceptors (Lipinski definition) is 2. The summed E-state index contributed by atoms with van der Waals surface area (Å²) in [5, 5.41) is 4.02. The monoisotopic (exact) mass is 138 g/mol. The van der Waals surface area contributed by atoms with E-state index in [9.17, 15) is 0 Å². The third-order valence-corrected chi connectivity index (χ3v) is 2.78. The summed E-state index contributed by atoms with van der Waals surface area (Å²) in [6.45, 7) is 0. The summed E-state index contributed by atoms with van der Waals surface area (Å²) < 4.78 is 0. The van der Waals surface area contributed by atoms with Crippen LogP contribution in [-0.2, 0) is 0 Å². The van der Waals surface area contributed by atoms with E-state index in [2.05, 4.69) is 23.5 Å². The topological polar surface area (TPSA) is 12.0 Å². The van der Waals surface area contributed by atoms with Crippen molar-refractivity contribution >= 4 is 11.8 Å². The van der Waals surface area contributed by atoms with E-state index in [1.54, 1.807) is 0 Å². The molecular formula is C7H8NS. The second-order valence-electron chi connectivity index (χ2n) is 2.20. The van der Waals surface area contributed by atoms with E-state index in [0.717, 1.165) is 5.88 Å². The van der Waals surface area contributed by atoms with Gasteiger partial charge >= 0.3 is 0 Å². The third-order valence-electron chi connectivity index (χ3n) is 1.61. The van der Waals surface area contributed by atoms with Gasteiger partial charge in [0.2, 0.25) is 0 Å². The Balaban J connectivity index is 2.18. The lowest BCUT2D eigenvalue weighted by atomic mass is 10.1. The maximum Gasteiger partial charge on any atom is 0.0433 e. The van der Waals surface area contributed by atoms with Crippen molar-refractivity contribution in [2.75, 3.05) is 5.88 Å². The molecule has 0 saturated carbocycles. The van der Waals surface area contributed by atoms with Crippen molar-refractivity contribution in [3.8, 4) is 0 Å². The maximum absolute atomic E-state index is 3.35. The van der Waals surface area contributed by atoms with Crippen LogP contribution in [0.15, 0.2) is 18.2 Å². The highest BCUT2D eigenvalue weighted by Crippen LogP contribution is 2.24. The van der Waals surface area contributed by atoms with Gasteiger partial charge in [-0.3, -0.25) is 0 Å². The van der Waals surface area contributed by atoms with Gasteiger partial charge in [-0.05, 0) is 6.08 Å². The smallest absolute Gasteiger partial charge is 0.0433 e. The van der Waals surface area contributed by atoms with Crippen molar-refractivity contribution in [2.24, 2.45) is 0 Å². The summed E-state index contributed by atoms with van der Waals surface area (Å²) in [4.78, 5) is 0. The summed E-state index contributed by atoms with van der Waals surface area (Å²) in [6, 6.07) is 0.556. The molecule has 1 aliphatic carbocycles. The molecule has 2 atom stereocenters. The second kappa shape index (κ2) is 2.20. The van der Waals surface area contributed by atoms with Gasteiger partial charge in [0.15, 0.2) is 0 Å². The first-order valence-electron chi connectivity index (χ1n) is 3.08. The van der Waals surface area contributed by atoms with Crippen LogP contribution in [0.1, 0.15) is 0 Å². The highest BCUT2D eigenvalue weighted by molar-refractivity contribution is 8.00. The van der Waals surface area contributed by atoms with Crippen LogP contribution in [0.3, 0.4) is 0 Å². The van der Waals surface area contributed by atoms with Crippen LogP contribution >= 0.6 is 11.8 Å². The molecule has 1 fully saturated rings. The molecule has 2 aliphatic rings. The molecule has 1 heterocycles. The zero-order valence-corrected chi connectivity index (χ0v) is 5.82. The molecule has 0 aromatic rings. The average molecular weight is 138 g/mol. The molecule has 0 aromatic heterocycles. The summed E-state index contributed by atoms with van der Waals surface area (Å²) in [7, 11) is 0. The van der Waals surface area contributed by atoms with Gasteiger partial charge in [-0.25, -0.2) is 0 Å². The SMILES string of the molecule is [C]1=CC2NCSC2C=C1. The predicted octanol–water partition coefficient (Wildman–Crippen LogP) is 0.947. The lowest BCUT2D eigenvalue weighted by molar-refractivity contribution is 0.703. The Labute approximate surface area is 59.2 Å². The zero-order chi connectivity index (χ0) is 6.10. The van der Waals surface area contributed by atoms with Crippen LogP contribution in [0.5, 0.6) is 0 Å². The van der Waals surface area contributed by atoms with Gasteiger partial charge in [0.25, 0.3) is 0 Å². The minimum absolute atomic E-state index is 0.556. The number of rotatable bonds is 0. The van der Waals surface area contributed by atoms with Gasteiger partial charge in [-0.1, -0.05) is 18.2 Å². The van der Waals surface area contributed by atoms with Crippen molar-refractivity contribution in [2.45, 2.75) is 11.3 Å². The van der Waals surface area contributed by atoms with Crippen LogP contribution in [0, 0.1) is 6.08 Å². The number of hydrogen-bond donors (Lipinski definition) is 1. The lowest BCUT2D eigenvalue weighted by Gasteiger charge is -2.12. The summed E-state index contributed by atoms with van der Waals surface area (Å²) in [6.07, 6.45) is 9.38. The fourth-order valence-electron chi connectivity index (χ4n) is 1.10. The standard InChI is InChI=1S/C7H8NS/c1-2-4-7-6(3-1)8-5-9-7/h2-4,6-8H,5H2. The third kappa shape index (κ3) is 0.926. The van der Waals surface area contributed by atoms with Crippen LogP contribution in [0.25, 0.3) is 0 Å². The van der Waals surface area contributed by atoms with Crippen LogP contribution in [0.2, 0.25) is 0 Å². The zero-order valence-electron chi connectivity index (χ0n) is 5.00. The van der Waals surface area contributed by atoms with E-state index in [1.807, 2.05) is 17.8 Å². The molecule has 2 heteroatoms. The molecule has 1 saturated heterocycles. The summed E-state index contributed by atoms with van der Waals surface area (Å²) >= 11 is 1.96. The van der Waals surface area contributed by atoms with Crippen molar-refractivity contribution in [1.82, 2.24) is 5.32 Å². The molecule has 0 aromatic carbocycles. The van der Waals surface area contributed by atoms with E-state index < -0.39 is 0 Å². The van der Waals surface area contributed by atoms with Gasteiger partial charge in [0, 0.05) is 17.2 Å². The van der Waals surface area contributed by atoms with E-state index in [0.29, 0.717) is 11.3 Å². The fraction of sp³-hybridized carbons (Fsp3) is 0.429. The number of nitrogens with one attached hydrogen (secondary N) is 1. The number of fused-ring (bicyclic) bond motifs is 1. The van der Waals surface area contributed by atoms with Crippen LogP contribution in [-0.4, -0.2) is 17.2 Å². The Bertz CT molecular complexity index is 144. The van der Waals surface area contributed by atoms with Crippen molar-refractivity contribution in [1.29, 1.82) is 0 Å². The molecule has 0 bridgehead atoms. The van der Waals surface area contributed by atoms with Crippen molar-refractivity contribution < 1.29 is 0 Å². The lowest BCUT2D eigenvalue weighted by Crippen LogP contribution is -2.27. The number of allylic oxidation sites excluding steroid dienone is 2. The minimum atomic E-state index is 0.556. The molecule has 0 spiro atoms. The molecule has 1 nitrogen and oxygen atoms in total.